The molecule has 32 heavy (non-hydrogen) atoms. The number of benzene rings is 2. The number of aromatic nitrogens is 4. The predicted molar refractivity (Wildman–Crippen MR) is 115 cm³/mol. The molecule has 0 N–H and O–H groups in total. The summed E-state index contributed by atoms with van der Waals surface area (Å²) in [6, 6.07) is 12.5. The molecule has 3 aromatic rings. The van der Waals surface area contributed by atoms with E-state index in [1.165, 1.54) is 10.4 Å². The van der Waals surface area contributed by atoms with E-state index in [1.54, 1.807) is 6.92 Å². The van der Waals surface area contributed by atoms with E-state index in [2.05, 4.69) is 49.5 Å². The van der Waals surface area contributed by atoms with Gasteiger partial charge in [0, 0.05) is 51.8 Å². The van der Waals surface area contributed by atoms with Crippen LogP contribution in [0.1, 0.15) is 34.7 Å². The third-order valence-corrected chi connectivity index (χ3v) is 5.76. The van der Waals surface area contributed by atoms with Crippen molar-refractivity contribution in [2.75, 3.05) is 32.7 Å². The van der Waals surface area contributed by atoms with Crippen molar-refractivity contribution in [1.82, 2.24) is 30.0 Å². The Hall–Kier alpha value is -3.04. The second kappa shape index (κ2) is 10.1. The molecule has 7 nitrogen and oxygen atoms in total. The number of Topliss-reactive ketones (excluding diaryl/α,β-unsaturated/α-hetero) is 1. The minimum atomic E-state index is -0.895. The molecule has 0 amide bonds. The fraction of sp³-hybridized carbons (Fsp3) is 0.391. The average Bonchev–Trinajstić information content (AvgIpc) is 3.27. The summed E-state index contributed by atoms with van der Waals surface area (Å²) in [5, 5.41) is 12.3. The topological polar surface area (TPSA) is 67.2 Å². The van der Waals surface area contributed by atoms with Crippen LogP contribution >= 0.6 is 0 Å². The normalized spacial score (nSPS) is 16.2. The molecule has 1 saturated heterocycles. The van der Waals surface area contributed by atoms with Crippen LogP contribution in [0, 0.1) is 11.6 Å². The Morgan fingerprint density at radius 3 is 2.47 bits per heavy atom. The van der Waals surface area contributed by atoms with Gasteiger partial charge in [0.2, 0.25) is 0 Å². The molecule has 2 heterocycles. The van der Waals surface area contributed by atoms with Crippen molar-refractivity contribution in [3.8, 4) is 0 Å². The lowest BCUT2D eigenvalue weighted by atomic mass is 10.1. The van der Waals surface area contributed by atoms with Crippen molar-refractivity contribution in [2.24, 2.45) is 0 Å². The number of halogens is 2. The van der Waals surface area contributed by atoms with Gasteiger partial charge in [-0.1, -0.05) is 30.3 Å². The summed E-state index contributed by atoms with van der Waals surface area (Å²) in [5.74, 6) is -1.61. The predicted octanol–water partition coefficient (Wildman–Crippen LogP) is 2.76. The molecule has 0 saturated carbocycles. The summed E-state index contributed by atoms with van der Waals surface area (Å²) in [6.07, 6.45) is 0.616. The third kappa shape index (κ3) is 5.41. The molecular weight excluding hydrogens is 414 g/mol. The Balaban J connectivity index is 1.26. The Morgan fingerprint density at radius 1 is 1.03 bits per heavy atom. The number of carbonyl (C=O) groups excluding carboxylic acids is 1. The quantitative estimate of drug-likeness (QED) is 0.502. The van der Waals surface area contributed by atoms with E-state index >= 15 is 0 Å². The molecule has 1 aliphatic rings. The van der Waals surface area contributed by atoms with E-state index in [1.807, 2.05) is 6.07 Å². The minimum absolute atomic E-state index is 0.189. The number of nitrogens with zero attached hydrogens (tertiary/aromatic N) is 6. The third-order valence-electron chi connectivity index (χ3n) is 5.76. The lowest BCUT2D eigenvalue weighted by Crippen LogP contribution is -2.46. The first-order valence-corrected chi connectivity index (χ1v) is 10.8. The van der Waals surface area contributed by atoms with E-state index in [0.717, 1.165) is 51.4 Å². The first-order valence-electron chi connectivity index (χ1n) is 10.8. The number of piperazine rings is 1. The molecule has 1 unspecified atom stereocenters. The summed E-state index contributed by atoms with van der Waals surface area (Å²) in [5.41, 5.74) is 1.14. The molecule has 0 aliphatic carbocycles. The zero-order chi connectivity index (χ0) is 22.5. The van der Waals surface area contributed by atoms with Gasteiger partial charge >= 0.3 is 0 Å². The van der Waals surface area contributed by atoms with Crippen molar-refractivity contribution >= 4 is 5.78 Å². The number of hydrogen-bond acceptors (Lipinski definition) is 6. The van der Waals surface area contributed by atoms with Gasteiger partial charge < -0.3 is 4.90 Å². The fourth-order valence-electron chi connectivity index (χ4n) is 3.81. The second-order valence-electron chi connectivity index (χ2n) is 8.04. The SMILES string of the molecule is CC(C(=O)c1ccc(F)cc1F)n1nnc(CCN2CCN(Cc3ccccc3)CC2)n1. The number of carbonyl (C=O) groups is 1. The molecule has 9 heteroatoms. The monoisotopic (exact) mass is 440 g/mol. The minimum Gasteiger partial charge on any atom is -0.300 e. The van der Waals surface area contributed by atoms with Crippen LogP contribution in [0.4, 0.5) is 8.78 Å². The number of rotatable bonds is 8. The molecule has 1 atom stereocenters. The van der Waals surface area contributed by atoms with Gasteiger partial charge in [-0.2, -0.15) is 4.80 Å². The van der Waals surface area contributed by atoms with Gasteiger partial charge in [0.1, 0.15) is 17.7 Å². The molecule has 0 bridgehead atoms. The highest BCUT2D eigenvalue weighted by atomic mass is 19.1. The van der Waals surface area contributed by atoms with Crippen LogP contribution in [0.15, 0.2) is 48.5 Å². The maximum atomic E-state index is 13.9. The average molecular weight is 440 g/mol. The van der Waals surface area contributed by atoms with Crippen LogP contribution < -0.4 is 0 Å². The largest absolute Gasteiger partial charge is 0.300 e. The molecule has 0 spiro atoms. The lowest BCUT2D eigenvalue weighted by molar-refractivity contribution is 0.0913. The second-order valence-corrected chi connectivity index (χ2v) is 8.04. The molecule has 0 radical (unpaired) electrons. The fourth-order valence-corrected chi connectivity index (χ4v) is 3.81. The van der Waals surface area contributed by atoms with E-state index < -0.39 is 23.5 Å². The number of ketones is 1. The van der Waals surface area contributed by atoms with Crippen LogP contribution in [0.25, 0.3) is 0 Å². The van der Waals surface area contributed by atoms with Gasteiger partial charge in [-0.25, -0.2) is 8.78 Å². The van der Waals surface area contributed by atoms with Crippen LogP contribution in [0.5, 0.6) is 0 Å². The summed E-state index contributed by atoms with van der Waals surface area (Å²) in [6.45, 7) is 7.29. The maximum absolute atomic E-state index is 13.9. The lowest BCUT2D eigenvalue weighted by Gasteiger charge is -2.34. The molecule has 1 fully saturated rings. The van der Waals surface area contributed by atoms with Crippen molar-refractivity contribution < 1.29 is 13.6 Å². The van der Waals surface area contributed by atoms with E-state index in [4.69, 9.17) is 0 Å². The molecule has 4 rings (SSSR count). The highest BCUT2D eigenvalue weighted by molar-refractivity contribution is 5.98. The van der Waals surface area contributed by atoms with E-state index in [-0.39, 0.29) is 5.56 Å². The molecular formula is C23H26F2N6O. The van der Waals surface area contributed by atoms with Gasteiger partial charge in [0.25, 0.3) is 0 Å². The van der Waals surface area contributed by atoms with Gasteiger partial charge in [0.05, 0.1) is 5.56 Å². The van der Waals surface area contributed by atoms with E-state index in [9.17, 15) is 13.6 Å². The van der Waals surface area contributed by atoms with Gasteiger partial charge in [-0.3, -0.25) is 9.69 Å². The van der Waals surface area contributed by atoms with Crippen LogP contribution in [-0.4, -0.2) is 68.5 Å². The van der Waals surface area contributed by atoms with Gasteiger partial charge in [-0.15, -0.1) is 10.2 Å². The van der Waals surface area contributed by atoms with Crippen molar-refractivity contribution in [2.45, 2.75) is 25.9 Å². The number of tetrazole rings is 1. The van der Waals surface area contributed by atoms with E-state index in [0.29, 0.717) is 18.3 Å². The summed E-state index contributed by atoms with van der Waals surface area (Å²) in [4.78, 5) is 18.6. The number of hydrogen-bond donors (Lipinski definition) is 0. The van der Waals surface area contributed by atoms with Gasteiger partial charge in [-0.05, 0) is 29.8 Å². The smallest absolute Gasteiger partial charge is 0.191 e. The van der Waals surface area contributed by atoms with Crippen LogP contribution in [-0.2, 0) is 13.0 Å². The Labute approximate surface area is 185 Å². The molecule has 1 aromatic heterocycles. The first-order chi connectivity index (χ1) is 15.5. The van der Waals surface area contributed by atoms with Crippen molar-refractivity contribution in [3.05, 3.63) is 77.1 Å². The summed E-state index contributed by atoms with van der Waals surface area (Å²) >= 11 is 0. The highest BCUT2D eigenvalue weighted by Gasteiger charge is 2.23. The maximum Gasteiger partial charge on any atom is 0.191 e. The Bertz CT molecular complexity index is 1050. The summed E-state index contributed by atoms with van der Waals surface area (Å²) < 4.78 is 27.0. The van der Waals surface area contributed by atoms with Crippen molar-refractivity contribution in [3.63, 3.8) is 0 Å². The zero-order valence-corrected chi connectivity index (χ0v) is 18.0. The van der Waals surface area contributed by atoms with Crippen LogP contribution in [0.3, 0.4) is 0 Å². The van der Waals surface area contributed by atoms with Crippen LogP contribution in [0.2, 0.25) is 0 Å². The molecule has 168 valence electrons. The zero-order valence-electron chi connectivity index (χ0n) is 18.0. The summed E-state index contributed by atoms with van der Waals surface area (Å²) in [7, 11) is 0. The standard InChI is InChI=1S/C23H26F2N6O/c1-17(23(32)20-8-7-19(24)15-21(20)25)31-27-22(26-28-31)9-10-29-11-13-30(14-12-29)16-18-5-3-2-4-6-18/h2-8,15,17H,9-14,16H2,1H3. The van der Waals surface area contributed by atoms with Gasteiger partial charge in [0.15, 0.2) is 11.6 Å². The highest BCUT2D eigenvalue weighted by Crippen LogP contribution is 2.17. The Morgan fingerprint density at radius 2 is 1.75 bits per heavy atom. The Kier molecular flexibility index (Phi) is 6.96. The van der Waals surface area contributed by atoms with Crippen molar-refractivity contribution in [1.29, 1.82) is 0 Å². The molecule has 2 aromatic carbocycles. The molecule has 1 aliphatic heterocycles. The first kappa shape index (κ1) is 22.2.